The fourth-order valence-electron chi connectivity index (χ4n) is 0.454. The second-order valence-corrected chi connectivity index (χ2v) is 4.09. The van der Waals surface area contributed by atoms with E-state index in [-0.39, 0.29) is 0 Å². The van der Waals surface area contributed by atoms with Gasteiger partial charge in [-0.2, -0.15) is 0 Å². The Morgan fingerprint density at radius 3 is 2.09 bits per heavy atom. The van der Waals surface area contributed by atoms with Gasteiger partial charge in [0, 0.05) is 8.96 Å². The van der Waals surface area contributed by atoms with Crippen LogP contribution in [0.15, 0.2) is 45.9 Å². The molecule has 0 spiro atoms. The molecule has 11 heavy (non-hydrogen) atoms. The molecule has 0 fully saturated rings. The molecule has 0 saturated heterocycles. The lowest BCUT2D eigenvalue weighted by molar-refractivity contribution is 1.56. The molecule has 0 bridgehead atoms. The van der Waals surface area contributed by atoms with E-state index in [2.05, 4.69) is 45.0 Å². The van der Waals surface area contributed by atoms with Crippen LogP contribution in [0.2, 0.25) is 0 Å². The first-order chi connectivity index (χ1) is 5.02. The van der Waals surface area contributed by atoms with E-state index in [1.165, 1.54) is 0 Å². The van der Waals surface area contributed by atoms with Crippen LogP contribution in [-0.2, 0) is 0 Å². The van der Waals surface area contributed by atoms with Gasteiger partial charge in [-0.1, -0.05) is 50.6 Å². The van der Waals surface area contributed by atoms with Crippen LogP contribution in [0.1, 0.15) is 6.92 Å². The van der Waals surface area contributed by atoms with Crippen molar-refractivity contribution >= 4 is 31.9 Å². The molecule has 0 unspecified atom stereocenters. The van der Waals surface area contributed by atoms with Crippen LogP contribution in [-0.4, -0.2) is 0 Å². The first-order valence-electron chi connectivity index (χ1n) is 3.07. The van der Waals surface area contributed by atoms with Crippen LogP contribution in [0.5, 0.6) is 0 Å². The molecule has 0 saturated carbocycles. The molecule has 0 aliphatic carbocycles. The molecule has 0 atom stereocenters. The molecule has 0 heterocycles. The Morgan fingerprint density at radius 2 is 1.73 bits per heavy atom. The normalized spacial score (nSPS) is 12.1. The average molecular weight is 278 g/mol. The van der Waals surface area contributed by atoms with Crippen molar-refractivity contribution < 1.29 is 0 Å². The summed E-state index contributed by atoms with van der Waals surface area (Å²) in [4.78, 5) is 0. The maximum absolute atomic E-state index is 3.75. The number of allylic oxidation sites excluding steroid dienone is 6. The van der Waals surface area contributed by atoms with Gasteiger partial charge in [0.15, 0.2) is 0 Å². The van der Waals surface area contributed by atoms with Gasteiger partial charge < -0.3 is 0 Å². The number of rotatable bonds is 3. The van der Waals surface area contributed by atoms with E-state index in [4.69, 9.17) is 0 Å². The molecule has 0 N–H and O–H groups in total. The molecule has 2 heteroatoms. The summed E-state index contributed by atoms with van der Waals surface area (Å²) in [7, 11) is 0. The summed E-state index contributed by atoms with van der Waals surface area (Å²) < 4.78 is 1.84. The second kappa shape index (κ2) is 5.56. The third-order valence-electron chi connectivity index (χ3n) is 0.808. The zero-order chi connectivity index (χ0) is 8.85. The highest BCUT2D eigenvalue weighted by molar-refractivity contribution is 9.12. The second-order valence-electron chi connectivity index (χ2n) is 2.16. The first-order valence-corrected chi connectivity index (χ1v) is 4.66. The van der Waals surface area contributed by atoms with Gasteiger partial charge in [-0.25, -0.2) is 0 Å². The quantitative estimate of drug-likeness (QED) is 0.675. The predicted octanol–water partition coefficient (Wildman–Crippen LogP) is 4.31. The van der Waals surface area contributed by atoms with E-state index in [1.54, 1.807) is 0 Å². The summed E-state index contributed by atoms with van der Waals surface area (Å²) >= 11 is 6.58. The molecular formula is C9H10Br2. The van der Waals surface area contributed by atoms with Gasteiger partial charge in [0.2, 0.25) is 0 Å². The Hall–Kier alpha value is -0.0800. The Balaban J connectivity index is 4.17. The minimum atomic E-state index is 0.851. The number of halogens is 2. The van der Waals surface area contributed by atoms with Crippen LogP contribution in [0.4, 0.5) is 0 Å². The molecule has 0 aromatic carbocycles. The fraction of sp³-hybridized carbons (Fsp3) is 0.111. The van der Waals surface area contributed by atoms with Crippen molar-refractivity contribution in [1.82, 2.24) is 0 Å². The van der Waals surface area contributed by atoms with Gasteiger partial charge in [-0.15, -0.1) is 0 Å². The SMILES string of the molecule is C=C(Br)/C=C\C(Br)=C/C(=C)C. The summed E-state index contributed by atoms with van der Waals surface area (Å²) in [6.45, 7) is 9.36. The standard InChI is InChI=1S/C9H10Br2/c1-7(2)6-9(11)5-4-8(3)10/h4-6H,1,3H2,2H3/b5-4-,9-6+. The molecular weight excluding hydrogens is 268 g/mol. The van der Waals surface area contributed by atoms with Gasteiger partial charge in [0.1, 0.15) is 0 Å². The van der Waals surface area contributed by atoms with Gasteiger partial charge in [-0.3, -0.25) is 0 Å². The Labute approximate surface area is 84.6 Å². The third-order valence-corrected chi connectivity index (χ3v) is 1.57. The summed E-state index contributed by atoms with van der Waals surface area (Å²) in [6.07, 6.45) is 5.71. The summed E-state index contributed by atoms with van der Waals surface area (Å²) in [6, 6.07) is 0. The van der Waals surface area contributed by atoms with Gasteiger partial charge in [0.05, 0.1) is 0 Å². The van der Waals surface area contributed by atoms with E-state index in [0.717, 1.165) is 14.5 Å². The van der Waals surface area contributed by atoms with Crippen LogP contribution >= 0.6 is 31.9 Å². The monoisotopic (exact) mass is 276 g/mol. The maximum Gasteiger partial charge on any atom is 0.0178 e. The highest BCUT2D eigenvalue weighted by atomic mass is 79.9. The average Bonchev–Trinajstić information content (AvgIpc) is 1.82. The lowest BCUT2D eigenvalue weighted by Crippen LogP contribution is -1.66. The van der Waals surface area contributed by atoms with Crippen molar-refractivity contribution in [3.8, 4) is 0 Å². The molecule has 0 nitrogen and oxygen atoms in total. The van der Waals surface area contributed by atoms with E-state index in [0.29, 0.717) is 0 Å². The fourth-order valence-corrected chi connectivity index (χ4v) is 1.11. The van der Waals surface area contributed by atoms with Crippen molar-refractivity contribution in [3.05, 3.63) is 45.9 Å². The van der Waals surface area contributed by atoms with E-state index >= 15 is 0 Å². The van der Waals surface area contributed by atoms with E-state index in [9.17, 15) is 0 Å². The minimum Gasteiger partial charge on any atom is -0.0961 e. The van der Waals surface area contributed by atoms with Gasteiger partial charge in [0.25, 0.3) is 0 Å². The molecule has 0 radical (unpaired) electrons. The number of hydrogen-bond acceptors (Lipinski definition) is 0. The summed E-state index contributed by atoms with van der Waals surface area (Å²) in [5.41, 5.74) is 1.02. The predicted molar refractivity (Wildman–Crippen MR) is 59.0 cm³/mol. The molecule has 0 aromatic heterocycles. The summed E-state index contributed by atoms with van der Waals surface area (Å²) in [5, 5.41) is 0. The van der Waals surface area contributed by atoms with Crippen molar-refractivity contribution in [1.29, 1.82) is 0 Å². The largest absolute Gasteiger partial charge is 0.0961 e. The van der Waals surface area contributed by atoms with Crippen molar-refractivity contribution in [2.45, 2.75) is 6.92 Å². The smallest absolute Gasteiger partial charge is 0.0178 e. The van der Waals surface area contributed by atoms with Crippen LogP contribution < -0.4 is 0 Å². The number of hydrogen-bond donors (Lipinski definition) is 0. The van der Waals surface area contributed by atoms with Crippen LogP contribution in [0, 0.1) is 0 Å². The molecule has 0 rings (SSSR count). The van der Waals surface area contributed by atoms with Crippen LogP contribution in [0.3, 0.4) is 0 Å². The lowest BCUT2D eigenvalue weighted by Gasteiger charge is -1.89. The molecule has 60 valence electrons. The molecule has 0 aromatic rings. The Kier molecular flexibility index (Phi) is 5.51. The Bertz CT molecular complexity index is 222. The van der Waals surface area contributed by atoms with Gasteiger partial charge in [-0.05, 0) is 25.2 Å². The summed E-state index contributed by atoms with van der Waals surface area (Å²) in [5.74, 6) is 0. The van der Waals surface area contributed by atoms with Crippen molar-refractivity contribution in [2.75, 3.05) is 0 Å². The zero-order valence-corrected chi connectivity index (χ0v) is 9.57. The highest BCUT2D eigenvalue weighted by Gasteiger charge is 1.84. The maximum atomic E-state index is 3.75. The van der Waals surface area contributed by atoms with Crippen LogP contribution in [0.25, 0.3) is 0 Å². The van der Waals surface area contributed by atoms with Crippen molar-refractivity contribution in [2.24, 2.45) is 0 Å². The van der Waals surface area contributed by atoms with Gasteiger partial charge >= 0.3 is 0 Å². The Morgan fingerprint density at radius 1 is 1.18 bits per heavy atom. The molecule has 0 amide bonds. The lowest BCUT2D eigenvalue weighted by atomic mass is 10.3. The van der Waals surface area contributed by atoms with E-state index < -0.39 is 0 Å². The molecule has 0 aliphatic heterocycles. The third kappa shape index (κ3) is 7.82. The first kappa shape index (κ1) is 10.9. The minimum absolute atomic E-state index is 0.851. The topological polar surface area (TPSA) is 0 Å². The zero-order valence-electron chi connectivity index (χ0n) is 6.40. The van der Waals surface area contributed by atoms with E-state index in [1.807, 2.05) is 25.2 Å². The van der Waals surface area contributed by atoms with Crippen molar-refractivity contribution in [3.63, 3.8) is 0 Å². The molecule has 0 aliphatic rings. The highest BCUT2D eigenvalue weighted by Crippen LogP contribution is 2.12.